The highest BCUT2D eigenvalue weighted by Crippen LogP contribution is 2.71. The van der Waals surface area contributed by atoms with Crippen molar-refractivity contribution in [2.24, 2.45) is 95.8 Å². The Labute approximate surface area is 770 Å². The van der Waals surface area contributed by atoms with Crippen LogP contribution in [0.1, 0.15) is 228 Å². The quantitative estimate of drug-likeness (QED) is 0.0375. The van der Waals surface area contributed by atoms with Crippen LogP contribution < -0.4 is 23.7 Å². The number of aromatic nitrogens is 15. The fourth-order valence-electron chi connectivity index (χ4n) is 32.1. The number of ether oxygens (including phenoxy) is 11. The minimum absolute atomic E-state index is 0.187. The summed E-state index contributed by atoms with van der Waals surface area (Å²) in [4.78, 5) is 12.0. The summed E-state index contributed by atoms with van der Waals surface area (Å²) >= 11 is 0. The van der Waals surface area contributed by atoms with Gasteiger partial charge >= 0.3 is 30.1 Å². The van der Waals surface area contributed by atoms with Crippen LogP contribution in [-0.4, -0.2) is 321 Å². The fraction of sp³-hybridized carbons (Fsp3) is 0.898. The molecular weight excluding hydrogens is 1650 g/mol. The van der Waals surface area contributed by atoms with Crippen molar-refractivity contribution in [1.82, 2.24) is 98.3 Å². The normalized spacial score (nSPS) is 36.7. The third-order valence-electron chi connectivity index (χ3n) is 37.0. The molecule has 20 bridgehead atoms. The van der Waals surface area contributed by atoms with Gasteiger partial charge in [-0.25, -0.2) is 0 Å². The van der Waals surface area contributed by atoms with E-state index in [2.05, 4.69) is 102 Å². The first-order chi connectivity index (χ1) is 63.9. The summed E-state index contributed by atoms with van der Waals surface area (Å²) in [5.41, 5.74) is 1.43. The highest BCUT2D eigenvalue weighted by molar-refractivity contribution is 5.30. The van der Waals surface area contributed by atoms with Crippen LogP contribution in [-0.2, 0) is 82.2 Å². The van der Waals surface area contributed by atoms with Crippen LogP contribution in [0.3, 0.4) is 0 Å². The zero-order valence-corrected chi connectivity index (χ0v) is 78.9. The van der Waals surface area contributed by atoms with Crippen molar-refractivity contribution in [2.75, 3.05) is 218 Å². The molecule has 32 heteroatoms. The minimum Gasteiger partial charge on any atom is -0.462 e. The third kappa shape index (κ3) is 17.8. The van der Waals surface area contributed by atoms with E-state index in [9.17, 15) is 5.11 Å². The van der Waals surface area contributed by atoms with Gasteiger partial charge in [0.1, 0.15) is 62.2 Å². The molecule has 130 heavy (non-hydrogen) atoms. The van der Waals surface area contributed by atoms with Gasteiger partial charge in [0.15, 0.2) is 0 Å². The Bertz CT molecular complexity index is 4470. The maximum atomic E-state index is 9.38. The van der Waals surface area contributed by atoms with E-state index in [4.69, 9.17) is 62.3 Å². The van der Waals surface area contributed by atoms with Gasteiger partial charge in [-0.1, -0.05) is 25.5 Å². The molecule has 5 aliphatic heterocycles. The number of methoxy groups -OCH3 is 1. The van der Waals surface area contributed by atoms with E-state index in [1.165, 1.54) is 197 Å². The van der Waals surface area contributed by atoms with E-state index in [-0.39, 0.29) is 17.4 Å². The van der Waals surface area contributed by atoms with Gasteiger partial charge in [0.05, 0.1) is 66.1 Å². The fourth-order valence-corrected chi connectivity index (χ4v) is 32.1. The molecule has 5 aromatic rings. The van der Waals surface area contributed by atoms with Crippen LogP contribution in [0.25, 0.3) is 0 Å². The van der Waals surface area contributed by atoms with E-state index < -0.39 is 0 Å². The number of rotatable bonds is 34. The van der Waals surface area contributed by atoms with Crippen LogP contribution >= 0.6 is 0 Å². The number of hydrogen-bond donors (Lipinski definition) is 1. The Kier molecular flexibility index (Phi) is 26.8. The topological polar surface area (TPSA) is 292 Å². The molecule has 5 saturated heterocycles. The summed E-state index contributed by atoms with van der Waals surface area (Å²) in [7, 11) is 3.86. The van der Waals surface area contributed by atoms with Gasteiger partial charge in [-0.05, 0) is 282 Å². The molecule has 32 nitrogen and oxygen atoms in total. The molecule has 1 N–H and O–H groups in total. The summed E-state index contributed by atoms with van der Waals surface area (Å²) < 4.78 is 74.1. The molecule has 0 amide bonds. The second-order valence-electron chi connectivity index (χ2n) is 44.7. The zero-order chi connectivity index (χ0) is 87.4. The molecule has 21 aliphatic carbocycles. The van der Waals surface area contributed by atoms with Gasteiger partial charge in [0, 0.05) is 178 Å². The summed E-state index contributed by atoms with van der Waals surface area (Å²) in [6, 6.07) is 4.15. The van der Waals surface area contributed by atoms with E-state index >= 15 is 0 Å². The summed E-state index contributed by atoms with van der Waals surface area (Å²) in [6.07, 6.45) is 38.7. The lowest BCUT2D eigenvalue weighted by atomic mass is 9.75. The smallest absolute Gasteiger partial charge is 0.317 e. The molecule has 10 unspecified atom stereocenters. The lowest BCUT2D eigenvalue weighted by Crippen LogP contribution is -2.38. The molecule has 5 aromatic heterocycles. The van der Waals surface area contributed by atoms with E-state index in [0.717, 1.165) is 310 Å². The van der Waals surface area contributed by atoms with Crippen molar-refractivity contribution in [3.63, 3.8) is 0 Å². The molecule has 718 valence electrons. The first-order valence-corrected chi connectivity index (χ1v) is 52.3. The van der Waals surface area contributed by atoms with Crippen LogP contribution in [0.15, 0.2) is 0 Å². The number of aliphatic hydroxyl groups excluding tert-OH is 1. The summed E-state index contributed by atoms with van der Waals surface area (Å²) in [5.74, 6) is 19.4. The lowest BCUT2D eigenvalue weighted by molar-refractivity contribution is 0.0313. The van der Waals surface area contributed by atoms with Crippen LogP contribution in [0.2, 0.25) is 0 Å². The number of hydrogen-bond acceptors (Lipinski definition) is 27. The SMILES string of the molecule is C1CN(CCOc2nnc(C34CC5CC(CC3C5)C4)n2C2CC2)CCO1.CCn1c(OCCN2CCOCC2)nnc1C12CC3CC(CC1C3)C2.COCCCn1c(OCCN2CCOCC2)nnc1C12CC3CC(CC1C3)C2.Cn1c(OCCN2CCOCC2)nnc1C12CC3CC(CC1C3)C2.OCCCn1c(OCCN2CCOCC2)nnc1C12CC3CC(CC1C3)C2. The molecule has 10 heterocycles. The molecule has 0 spiro atoms. The Morgan fingerprint density at radius 3 is 0.877 bits per heavy atom. The average molecular weight is 1800 g/mol. The van der Waals surface area contributed by atoms with Gasteiger partial charge in [0.2, 0.25) is 0 Å². The first kappa shape index (κ1) is 89.4. The highest BCUT2D eigenvalue weighted by Gasteiger charge is 2.66. The van der Waals surface area contributed by atoms with Crippen molar-refractivity contribution < 1.29 is 57.2 Å². The van der Waals surface area contributed by atoms with Crippen LogP contribution in [0.4, 0.5) is 0 Å². The van der Waals surface area contributed by atoms with Crippen molar-refractivity contribution >= 4 is 0 Å². The number of morpholine rings is 5. The van der Waals surface area contributed by atoms with Crippen LogP contribution in [0.5, 0.6) is 30.1 Å². The standard InChI is InChI=1S/C21H34N4O3.C20H32N4O3.C20H30N4O2.C19H30N4O2.C18H28N4O2/c1-26-7-2-3-25-19(21-14-16-11-17(15-21)13-18(21)12-16)22-23-20(25)28-10-6-24-4-8-27-9-5-24;25-6-1-2-24-18(20-13-15-10-16(14-20)12-17(20)11-15)21-22-19(24)27-9-5-23-3-7-26-8-4-23;1-2-17(1)24-18(20-12-14-9-15(13-20)11-16(20)10-14)21-22-19(24)26-8-5-23-3-6-25-7-4-23;1-2-23-17(19-12-14-9-15(13-19)11-16(19)10-14)20-21-18(23)25-8-5-22-3-6-24-7-4-22;1-21-16(18-11-13-8-14(12-18)10-15(18)9-13)19-20-17(21)24-7-4-22-2-5-23-6-3-22/h16-18H,2-15H2,1H3;15-17,25H,1-14H2;14-17H,1-13H2;14-16H,2-13H2,1H3;13-15H,2-12H2,1H3. The monoisotopic (exact) mass is 1800 g/mol. The Morgan fingerprint density at radius 1 is 0.300 bits per heavy atom. The van der Waals surface area contributed by atoms with E-state index in [1.807, 2.05) is 0 Å². The lowest BCUT2D eigenvalue weighted by Gasteiger charge is -2.32. The Morgan fingerprint density at radius 2 is 0.562 bits per heavy atom. The predicted molar refractivity (Wildman–Crippen MR) is 483 cm³/mol. The third-order valence-corrected chi connectivity index (χ3v) is 37.0. The average Bonchev–Trinajstić information content (AvgIpc) is 1.49. The second kappa shape index (κ2) is 39.0. The predicted octanol–water partition coefficient (Wildman–Crippen LogP) is 9.64. The van der Waals surface area contributed by atoms with Crippen molar-refractivity contribution in [3.8, 4) is 30.1 Å². The summed E-state index contributed by atoms with van der Waals surface area (Å²) in [6.45, 7) is 31.9. The maximum absolute atomic E-state index is 9.38. The Hall–Kier alpha value is -5.78. The van der Waals surface area contributed by atoms with Crippen molar-refractivity contribution in [2.45, 2.75) is 246 Å². The van der Waals surface area contributed by atoms with E-state index in [1.54, 1.807) is 7.11 Å². The van der Waals surface area contributed by atoms with E-state index in [0.29, 0.717) is 73.4 Å². The Balaban J connectivity index is 0.0000000954. The first-order valence-electron chi connectivity index (χ1n) is 52.3. The number of aliphatic hydroxyl groups is 1. The van der Waals surface area contributed by atoms with Gasteiger partial charge in [0.25, 0.3) is 0 Å². The second-order valence-corrected chi connectivity index (χ2v) is 44.7. The molecule has 21 saturated carbocycles. The molecule has 26 fully saturated rings. The molecule has 31 rings (SSSR count). The van der Waals surface area contributed by atoms with Gasteiger partial charge in [-0.3, -0.25) is 47.3 Å². The highest BCUT2D eigenvalue weighted by atomic mass is 16.5. The van der Waals surface area contributed by atoms with Crippen molar-refractivity contribution in [3.05, 3.63) is 29.1 Å². The van der Waals surface area contributed by atoms with Gasteiger partial charge in [-0.2, -0.15) is 0 Å². The zero-order valence-electron chi connectivity index (χ0n) is 78.9. The van der Waals surface area contributed by atoms with Crippen LogP contribution in [0, 0.1) is 88.8 Å². The van der Waals surface area contributed by atoms with Gasteiger partial charge < -0.3 is 57.2 Å². The van der Waals surface area contributed by atoms with Crippen molar-refractivity contribution in [1.29, 1.82) is 0 Å². The molecule has 0 aromatic carbocycles. The molecular formula is C98H154N20O12. The largest absolute Gasteiger partial charge is 0.462 e. The van der Waals surface area contributed by atoms with Gasteiger partial charge in [-0.15, -0.1) is 25.5 Å². The molecule has 0 radical (unpaired) electrons. The molecule has 26 aliphatic rings. The minimum atomic E-state index is 0.187. The number of nitrogens with zero attached hydrogens (tertiary/aromatic N) is 20. The summed E-state index contributed by atoms with van der Waals surface area (Å²) in [5, 5.41) is 55.2. The maximum Gasteiger partial charge on any atom is 0.317 e. The molecule has 10 atom stereocenters.